The van der Waals surface area contributed by atoms with Crippen molar-refractivity contribution >= 4 is 5.91 Å². The van der Waals surface area contributed by atoms with Crippen LogP contribution >= 0.6 is 0 Å². The predicted molar refractivity (Wildman–Crippen MR) is 102 cm³/mol. The highest BCUT2D eigenvalue weighted by molar-refractivity contribution is 5.79. The molecule has 3 heterocycles. The molecule has 148 valence electrons. The lowest BCUT2D eigenvalue weighted by Gasteiger charge is -2.34. The van der Waals surface area contributed by atoms with Crippen LogP contribution in [-0.2, 0) is 4.79 Å². The average Bonchev–Trinajstić information content (AvgIpc) is 3.18. The van der Waals surface area contributed by atoms with Gasteiger partial charge in [-0.2, -0.15) is 0 Å². The van der Waals surface area contributed by atoms with Crippen molar-refractivity contribution in [3.63, 3.8) is 0 Å². The number of carbonyl (C=O) groups excluding carboxylic acids is 1. The number of ether oxygens (including phenoxy) is 2. The number of fused-ring (bicyclic) bond motifs is 1. The van der Waals surface area contributed by atoms with Gasteiger partial charge in [0.25, 0.3) is 0 Å². The summed E-state index contributed by atoms with van der Waals surface area (Å²) in [7, 11) is 0. The summed E-state index contributed by atoms with van der Waals surface area (Å²) in [4.78, 5) is 17.3. The van der Waals surface area contributed by atoms with Gasteiger partial charge in [0.15, 0.2) is 11.5 Å². The Morgan fingerprint density at radius 1 is 1.15 bits per heavy atom. The molecule has 6 heteroatoms. The summed E-state index contributed by atoms with van der Waals surface area (Å²) in [5, 5.41) is 9.75. The van der Waals surface area contributed by atoms with Gasteiger partial charge in [0.2, 0.25) is 5.91 Å². The summed E-state index contributed by atoms with van der Waals surface area (Å²) in [5.41, 5.74) is 1.14. The molecular formula is C21H30N2O4. The molecule has 0 spiro atoms. The lowest BCUT2D eigenvalue weighted by Crippen LogP contribution is -2.44. The van der Waals surface area contributed by atoms with Crippen molar-refractivity contribution in [2.45, 2.75) is 44.8 Å². The van der Waals surface area contributed by atoms with E-state index in [-0.39, 0.29) is 18.1 Å². The maximum Gasteiger partial charge on any atom is 0.237 e. The molecule has 27 heavy (non-hydrogen) atoms. The van der Waals surface area contributed by atoms with Crippen LogP contribution in [0.1, 0.15) is 44.2 Å². The van der Waals surface area contributed by atoms with Gasteiger partial charge in [-0.3, -0.25) is 9.69 Å². The summed E-state index contributed by atoms with van der Waals surface area (Å²) in [6.45, 7) is 6.12. The number of amides is 1. The van der Waals surface area contributed by atoms with E-state index in [4.69, 9.17) is 9.47 Å². The first-order chi connectivity index (χ1) is 13.1. The van der Waals surface area contributed by atoms with Crippen LogP contribution < -0.4 is 9.47 Å². The fourth-order valence-corrected chi connectivity index (χ4v) is 4.55. The molecule has 2 saturated heterocycles. The molecule has 3 aliphatic heterocycles. The van der Waals surface area contributed by atoms with E-state index in [0.717, 1.165) is 62.4 Å². The number of aliphatic hydroxyl groups excluding tert-OH is 1. The molecule has 4 rings (SSSR count). The van der Waals surface area contributed by atoms with E-state index < -0.39 is 0 Å². The van der Waals surface area contributed by atoms with E-state index in [0.29, 0.717) is 25.7 Å². The standard InChI is InChI=1S/C21H30N2O4/c1-15(24)16-6-9-22(10-7-16)14-21(25)23-8-2-3-18(23)17-4-5-19-20(13-17)27-12-11-26-19/h4-5,13,15-16,18,24H,2-3,6-12,14H2,1H3. The van der Waals surface area contributed by atoms with Crippen molar-refractivity contribution < 1.29 is 19.4 Å². The fraction of sp³-hybridized carbons (Fsp3) is 0.667. The minimum Gasteiger partial charge on any atom is -0.486 e. The molecule has 0 saturated carbocycles. The molecule has 0 bridgehead atoms. The average molecular weight is 374 g/mol. The van der Waals surface area contributed by atoms with Gasteiger partial charge in [-0.25, -0.2) is 0 Å². The largest absolute Gasteiger partial charge is 0.486 e. The molecule has 3 aliphatic rings. The third-order valence-corrected chi connectivity index (χ3v) is 6.20. The van der Waals surface area contributed by atoms with Gasteiger partial charge in [0, 0.05) is 6.54 Å². The molecule has 0 aliphatic carbocycles. The van der Waals surface area contributed by atoms with Crippen LogP contribution in [0.2, 0.25) is 0 Å². The summed E-state index contributed by atoms with van der Waals surface area (Å²) < 4.78 is 11.3. The Morgan fingerprint density at radius 3 is 2.63 bits per heavy atom. The van der Waals surface area contributed by atoms with Gasteiger partial charge in [0.05, 0.1) is 18.7 Å². The Bertz CT molecular complexity index is 670. The predicted octanol–water partition coefficient (Wildman–Crippen LogP) is 2.21. The van der Waals surface area contributed by atoms with Crippen LogP contribution in [-0.4, -0.2) is 66.3 Å². The zero-order valence-electron chi connectivity index (χ0n) is 16.1. The fourth-order valence-electron chi connectivity index (χ4n) is 4.55. The molecule has 6 nitrogen and oxygen atoms in total. The second-order valence-electron chi connectivity index (χ2n) is 8.00. The molecule has 2 unspecified atom stereocenters. The molecule has 1 amide bonds. The molecule has 1 aromatic rings. The van der Waals surface area contributed by atoms with Crippen LogP contribution in [0.15, 0.2) is 18.2 Å². The Morgan fingerprint density at radius 2 is 1.89 bits per heavy atom. The van der Waals surface area contributed by atoms with E-state index in [9.17, 15) is 9.90 Å². The molecular weight excluding hydrogens is 344 g/mol. The Labute approximate surface area is 161 Å². The van der Waals surface area contributed by atoms with Gasteiger partial charge < -0.3 is 19.5 Å². The second-order valence-corrected chi connectivity index (χ2v) is 8.00. The number of rotatable bonds is 4. The highest BCUT2D eigenvalue weighted by Crippen LogP contribution is 2.38. The first kappa shape index (κ1) is 18.6. The quantitative estimate of drug-likeness (QED) is 0.876. The number of piperidine rings is 1. The Kier molecular flexibility index (Phi) is 5.55. The Balaban J connectivity index is 1.39. The highest BCUT2D eigenvalue weighted by atomic mass is 16.6. The van der Waals surface area contributed by atoms with Gasteiger partial charge in [-0.15, -0.1) is 0 Å². The van der Waals surface area contributed by atoms with E-state index >= 15 is 0 Å². The summed E-state index contributed by atoms with van der Waals surface area (Å²) in [6.07, 6.45) is 3.72. The van der Waals surface area contributed by atoms with E-state index in [1.54, 1.807) is 0 Å². The van der Waals surface area contributed by atoms with E-state index in [1.807, 2.05) is 24.0 Å². The number of likely N-dealkylation sites (tertiary alicyclic amines) is 2. The van der Waals surface area contributed by atoms with Crippen molar-refractivity contribution in [3.8, 4) is 11.5 Å². The minimum absolute atomic E-state index is 0.128. The zero-order valence-corrected chi connectivity index (χ0v) is 16.1. The number of carbonyl (C=O) groups is 1. The number of hydrogen-bond donors (Lipinski definition) is 1. The molecule has 2 atom stereocenters. The van der Waals surface area contributed by atoms with E-state index in [1.165, 1.54) is 0 Å². The summed E-state index contributed by atoms with van der Waals surface area (Å²) >= 11 is 0. The van der Waals surface area contributed by atoms with Crippen molar-refractivity contribution in [3.05, 3.63) is 23.8 Å². The number of nitrogens with zero attached hydrogens (tertiary/aromatic N) is 2. The molecule has 0 aromatic heterocycles. The van der Waals surface area contributed by atoms with E-state index in [2.05, 4.69) is 11.0 Å². The van der Waals surface area contributed by atoms with Gasteiger partial charge >= 0.3 is 0 Å². The SMILES string of the molecule is CC(O)C1CCN(CC(=O)N2CCCC2c2ccc3c(c2)OCCO3)CC1. The van der Waals surface area contributed by atoms with Gasteiger partial charge in [0.1, 0.15) is 13.2 Å². The molecule has 1 aromatic carbocycles. The molecule has 1 N–H and O–H groups in total. The minimum atomic E-state index is -0.249. The first-order valence-corrected chi connectivity index (χ1v) is 10.2. The maximum absolute atomic E-state index is 13.0. The number of benzene rings is 1. The third-order valence-electron chi connectivity index (χ3n) is 6.20. The monoisotopic (exact) mass is 374 g/mol. The maximum atomic E-state index is 13.0. The Hall–Kier alpha value is -1.79. The summed E-state index contributed by atoms with van der Waals surface area (Å²) in [5.74, 6) is 2.16. The van der Waals surface area contributed by atoms with Crippen molar-refractivity contribution in [1.29, 1.82) is 0 Å². The van der Waals surface area contributed by atoms with Crippen LogP contribution in [0.25, 0.3) is 0 Å². The van der Waals surface area contributed by atoms with Crippen LogP contribution in [0.3, 0.4) is 0 Å². The normalized spacial score (nSPS) is 24.8. The van der Waals surface area contributed by atoms with Crippen LogP contribution in [0.4, 0.5) is 0 Å². The van der Waals surface area contributed by atoms with Crippen LogP contribution in [0, 0.1) is 5.92 Å². The second kappa shape index (κ2) is 8.07. The highest BCUT2D eigenvalue weighted by Gasteiger charge is 2.32. The zero-order chi connectivity index (χ0) is 18.8. The third kappa shape index (κ3) is 4.06. The van der Waals surface area contributed by atoms with Crippen molar-refractivity contribution in [2.75, 3.05) is 39.4 Å². The first-order valence-electron chi connectivity index (χ1n) is 10.2. The summed E-state index contributed by atoms with van der Waals surface area (Å²) in [6, 6.07) is 6.20. The number of aliphatic hydroxyl groups is 1. The van der Waals surface area contributed by atoms with Gasteiger partial charge in [-0.1, -0.05) is 6.07 Å². The van der Waals surface area contributed by atoms with Gasteiger partial charge in [-0.05, 0) is 69.3 Å². The van der Waals surface area contributed by atoms with Crippen molar-refractivity contribution in [2.24, 2.45) is 5.92 Å². The van der Waals surface area contributed by atoms with Crippen LogP contribution in [0.5, 0.6) is 11.5 Å². The molecule has 0 radical (unpaired) electrons. The number of hydrogen-bond acceptors (Lipinski definition) is 5. The molecule has 2 fully saturated rings. The van der Waals surface area contributed by atoms with Crippen molar-refractivity contribution in [1.82, 2.24) is 9.80 Å². The lowest BCUT2D eigenvalue weighted by atomic mass is 9.92. The topological polar surface area (TPSA) is 62.2 Å². The smallest absolute Gasteiger partial charge is 0.237 e. The lowest BCUT2D eigenvalue weighted by molar-refractivity contribution is -0.133.